The molecule has 26 heavy (non-hydrogen) atoms. The second-order valence-electron chi connectivity index (χ2n) is 7.17. The van der Waals surface area contributed by atoms with Gasteiger partial charge in [0.1, 0.15) is 5.41 Å². The summed E-state index contributed by atoms with van der Waals surface area (Å²) in [6.07, 6.45) is 6.22. The molecule has 0 heterocycles. The van der Waals surface area contributed by atoms with Crippen molar-refractivity contribution in [3.8, 4) is 0 Å². The highest BCUT2D eigenvalue weighted by Crippen LogP contribution is 2.59. The van der Waals surface area contributed by atoms with E-state index < -0.39 is 10.8 Å². The summed E-state index contributed by atoms with van der Waals surface area (Å²) in [6.45, 7) is 0. The molecule has 0 saturated carbocycles. The molecule has 0 aromatic heterocycles. The first-order valence-corrected chi connectivity index (χ1v) is 8.94. The smallest absolute Gasteiger partial charge is 0.317 e. The Morgan fingerprint density at radius 1 is 0.923 bits per heavy atom. The monoisotopic (exact) mass is 350 g/mol. The van der Waals surface area contributed by atoms with E-state index in [0.29, 0.717) is 19.3 Å². The lowest BCUT2D eigenvalue weighted by Gasteiger charge is -2.51. The maximum absolute atomic E-state index is 13.3. The Morgan fingerprint density at radius 2 is 1.65 bits per heavy atom. The first-order chi connectivity index (χ1) is 12.6. The number of esters is 2. The van der Waals surface area contributed by atoms with E-state index in [0.717, 1.165) is 28.3 Å². The number of carbonyl (C=O) groups is 2. The van der Waals surface area contributed by atoms with Gasteiger partial charge in [0, 0.05) is 0 Å². The van der Waals surface area contributed by atoms with Crippen LogP contribution in [0.2, 0.25) is 0 Å². The number of hydrogen-bond donors (Lipinski definition) is 0. The molecule has 4 rings (SSSR count). The molecule has 0 aliphatic heterocycles. The van der Waals surface area contributed by atoms with Crippen LogP contribution in [-0.4, -0.2) is 26.2 Å². The molecule has 0 bridgehead atoms. The van der Waals surface area contributed by atoms with Crippen molar-refractivity contribution in [2.24, 2.45) is 5.41 Å². The van der Waals surface area contributed by atoms with Gasteiger partial charge in [0.05, 0.1) is 19.6 Å². The molecular weight excluding hydrogens is 328 g/mol. The van der Waals surface area contributed by atoms with Gasteiger partial charge in [0.2, 0.25) is 0 Å². The van der Waals surface area contributed by atoms with Gasteiger partial charge in [0.25, 0.3) is 0 Å². The zero-order chi connectivity index (χ0) is 18.4. The fourth-order valence-corrected chi connectivity index (χ4v) is 5.06. The molecule has 134 valence electrons. The molecule has 4 heteroatoms. The van der Waals surface area contributed by atoms with Crippen LogP contribution in [-0.2, 0) is 30.9 Å². The Hall–Kier alpha value is -2.62. The summed E-state index contributed by atoms with van der Waals surface area (Å²) in [6, 6.07) is 12.2. The molecule has 2 aliphatic carbocycles. The van der Waals surface area contributed by atoms with E-state index in [1.165, 1.54) is 14.2 Å². The van der Waals surface area contributed by atoms with E-state index in [4.69, 9.17) is 9.47 Å². The van der Waals surface area contributed by atoms with Crippen LogP contribution >= 0.6 is 0 Å². The van der Waals surface area contributed by atoms with Crippen molar-refractivity contribution in [2.45, 2.75) is 31.1 Å². The summed E-state index contributed by atoms with van der Waals surface area (Å²) in [5.41, 5.74) is 0.0612. The van der Waals surface area contributed by atoms with E-state index in [1.54, 1.807) is 0 Å². The standard InChI is InChI=1S/C22H22O4/c1-25-19(23)21-12-5-6-13-22(21,20(24)26-2)18-16(11-14-21)10-9-15-7-3-4-8-17(15)18/h3-10H,11-14H2,1-2H3/t21-,22+/m0/s1. The van der Waals surface area contributed by atoms with E-state index in [-0.39, 0.29) is 11.9 Å². The van der Waals surface area contributed by atoms with Gasteiger partial charge in [-0.15, -0.1) is 0 Å². The predicted octanol–water partition coefficient (Wildman–Crippen LogP) is 3.71. The van der Waals surface area contributed by atoms with E-state index in [9.17, 15) is 9.59 Å². The number of aryl methyl sites for hydroxylation is 1. The van der Waals surface area contributed by atoms with Crippen LogP contribution in [0.5, 0.6) is 0 Å². The minimum Gasteiger partial charge on any atom is -0.469 e. The van der Waals surface area contributed by atoms with Gasteiger partial charge in [0.15, 0.2) is 0 Å². The molecule has 0 unspecified atom stereocenters. The van der Waals surface area contributed by atoms with Gasteiger partial charge in [-0.3, -0.25) is 9.59 Å². The molecule has 0 spiro atoms. The molecule has 2 aliphatic rings. The number of carbonyl (C=O) groups excluding carboxylic acids is 2. The summed E-state index contributed by atoms with van der Waals surface area (Å²) in [5.74, 6) is -0.685. The van der Waals surface area contributed by atoms with Crippen LogP contribution in [0.3, 0.4) is 0 Å². The van der Waals surface area contributed by atoms with Crippen LogP contribution < -0.4 is 0 Å². The van der Waals surface area contributed by atoms with Crippen molar-refractivity contribution >= 4 is 22.7 Å². The largest absolute Gasteiger partial charge is 0.469 e. The van der Waals surface area contributed by atoms with Crippen molar-refractivity contribution in [1.29, 1.82) is 0 Å². The SMILES string of the molecule is COC(=O)[C@@]12CC=CC[C@]1(C(=O)OC)c1c(ccc3ccccc13)CC2. The molecule has 2 aromatic rings. The lowest BCUT2D eigenvalue weighted by atomic mass is 9.49. The molecule has 0 saturated heterocycles. The van der Waals surface area contributed by atoms with Crippen LogP contribution in [0.4, 0.5) is 0 Å². The highest BCUT2D eigenvalue weighted by molar-refractivity contribution is 6.00. The summed E-state index contributed by atoms with van der Waals surface area (Å²) in [4.78, 5) is 26.3. The van der Waals surface area contributed by atoms with Crippen LogP contribution in [0.15, 0.2) is 48.6 Å². The molecule has 0 radical (unpaired) electrons. The molecule has 0 amide bonds. The second-order valence-corrected chi connectivity index (χ2v) is 7.17. The fourth-order valence-electron chi connectivity index (χ4n) is 5.06. The Labute approximate surface area is 152 Å². The minimum atomic E-state index is -1.06. The maximum Gasteiger partial charge on any atom is 0.317 e. The average molecular weight is 350 g/mol. The Balaban J connectivity index is 2.14. The number of allylic oxidation sites excluding steroid dienone is 2. The van der Waals surface area contributed by atoms with Crippen molar-refractivity contribution in [3.63, 3.8) is 0 Å². The molecule has 4 nitrogen and oxygen atoms in total. The fraction of sp³-hybridized carbons (Fsp3) is 0.364. The van der Waals surface area contributed by atoms with Gasteiger partial charge in [-0.25, -0.2) is 0 Å². The van der Waals surface area contributed by atoms with E-state index in [1.807, 2.05) is 36.4 Å². The minimum absolute atomic E-state index is 0.328. The lowest BCUT2D eigenvalue weighted by molar-refractivity contribution is -0.172. The van der Waals surface area contributed by atoms with E-state index >= 15 is 0 Å². The second kappa shape index (κ2) is 5.97. The van der Waals surface area contributed by atoms with Crippen LogP contribution in [0.25, 0.3) is 10.8 Å². The lowest BCUT2D eigenvalue weighted by Crippen LogP contribution is -2.59. The Morgan fingerprint density at radius 3 is 2.42 bits per heavy atom. The first kappa shape index (κ1) is 16.8. The van der Waals surface area contributed by atoms with Crippen molar-refractivity contribution in [1.82, 2.24) is 0 Å². The summed E-state index contributed by atoms with van der Waals surface area (Å²) in [5, 5.41) is 2.07. The summed E-state index contributed by atoms with van der Waals surface area (Å²) in [7, 11) is 2.80. The Kier molecular flexibility index (Phi) is 3.87. The van der Waals surface area contributed by atoms with Crippen molar-refractivity contribution < 1.29 is 19.1 Å². The van der Waals surface area contributed by atoms with Crippen molar-refractivity contribution in [2.75, 3.05) is 14.2 Å². The number of methoxy groups -OCH3 is 2. The number of rotatable bonds is 2. The molecule has 0 N–H and O–H groups in total. The highest BCUT2D eigenvalue weighted by Gasteiger charge is 2.65. The quantitative estimate of drug-likeness (QED) is 0.612. The molecule has 0 fully saturated rings. The van der Waals surface area contributed by atoms with Gasteiger partial charge in [-0.05, 0) is 47.6 Å². The number of ether oxygens (including phenoxy) is 2. The topological polar surface area (TPSA) is 52.6 Å². The normalized spacial score (nSPS) is 26.7. The molecule has 2 aromatic carbocycles. The zero-order valence-electron chi connectivity index (χ0n) is 15.1. The Bertz CT molecular complexity index is 929. The first-order valence-electron chi connectivity index (χ1n) is 8.94. The molecule has 2 atom stereocenters. The third kappa shape index (κ3) is 1.96. The molecular formula is C22H22O4. The summed E-state index contributed by atoms with van der Waals surface area (Å²) < 4.78 is 10.5. The van der Waals surface area contributed by atoms with Crippen LogP contribution in [0.1, 0.15) is 30.4 Å². The predicted molar refractivity (Wildman–Crippen MR) is 98.8 cm³/mol. The average Bonchev–Trinajstić information content (AvgIpc) is 2.71. The zero-order valence-corrected chi connectivity index (χ0v) is 15.1. The van der Waals surface area contributed by atoms with Gasteiger partial charge < -0.3 is 9.47 Å². The van der Waals surface area contributed by atoms with Crippen molar-refractivity contribution in [3.05, 3.63) is 59.7 Å². The van der Waals surface area contributed by atoms with E-state index in [2.05, 4.69) is 12.1 Å². The number of fused-ring (bicyclic) bond motifs is 5. The summed E-state index contributed by atoms with van der Waals surface area (Å²) >= 11 is 0. The third-order valence-electron chi connectivity index (χ3n) is 6.25. The van der Waals surface area contributed by atoms with Gasteiger partial charge >= 0.3 is 11.9 Å². The maximum atomic E-state index is 13.3. The number of benzene rings is 2. The van der Waals surface area contributed by atoms with Gasteiger partial charge in [-0.2, -0.15) is 0 Å². The third-order valence-corrected chi connectivity index (χ3v) is 6.25. The highest BCUT2D eigenvalue weighted by atomic mass is 16.5. The van der Waals surface area contributed by atoms with Gasteiger partial charge in [-0.1, -0.05) is 48.6 Å². The van der Waals surface area contributed by atoms with Crippen LogP contribution in [0, 0.1) is 5.41 Å². The number of hydrogen-bond acceptors (Lipinski definition) is 4.